The van der Waals surface area contributed by atoms with Gasteiger partial charge in [-0.3, -0.25) is 9.78 Å². The summed E-state index contributed by atoms with van der Waals surface area (Å²) in [6.07, 6.45) is 4.75. The lowest BCUT2D eigenvalue weighted by molar-refractivity contribution is 0.0952. The number of hydrogen-bond donors (Lipinski definition) is 1. The molecule has 0 atom stereocenters. The van der Waals surface area contributed by atoms with Gasteiger partial charge in [0, 0.05) is 31.4 Å². The van der Waals surface area contributed by atoms with Crippen molar-refractivity contribution in [1.29, 1.82) is 0 Å². The van der Waals surface area contributed by atoms with Crippen molar-refractivity contribution in [1.82, 2.24) is 19.9 Å². The number of amides is 1. The Morgan fingerprint density at radius 2 is 1.94 bits per heavy atom. The zero-order valence-electron chi connectivity index (χ0n) is 18.0. The molecule has 0 aliphatic carbocycles. The van der Waals surface area contributed by atoms with Gasteiger partial charge in [0.1, 0.15) is 23.9 Å². The van der Waals surface area contributed by atoms with Crippen molar-refractivity contribution in [3.8, 4) is 11.5 Å². The average Bonchev–Trinajstić information content (AvgIpc) is 3.20. The molecule has 0 bridgehead atoms. The predicted molar refractivity (Wildman–Crippen MR) is 123 cm³/mol. The molecule has 2 aromatic carbocycles. The number of aromatic nitrogens is 3. The fourth-order valence-corrected chi connectivity index (χ4v) is 3.56. The van der Waals surface area contributed by atoms with Crippen LogP contribution in [0.4, 0.5) is 0 Å². The Kier molecular flexibility index (Phi) is 6.97. The Hall–Kier alpha value is -3.87. The van der Waals surface area contributed by atoms with Crippen LogP contribution in [-0.4, -0.2) is 40.7 Å². The summed E-state index contributed by atoms with van der Waals surface area (Å²) in [5.74, 6) is 2.41. The van der Waals surface area contributed by atoms with Crippen LogP contribution in [0.25, 0.3) is 11.0 Å². The van der Waals surface area contributed by atoms with Crippen LogP contribution in [0.15, 0.2) is 73.1 Å². The summed E-state index contributed by atoms with van der Waals surface area (Å²) in [6, 6.07) is 19.2. The second-order valence-electron chi connectivity index (χ2n) is 7.30. The van der Waals surface area contributed by atoms with E-state index in [1.165, 1.54) is 0 Å². The molecule has 2 heterocycles. The third-order valence-electron chi connectivity index (χ3n) is 5.14. The molecule has 4 rings (SSSR count). The quantitative estimate of drug-likeness (QED) is 0.386. The van der Waals surface area contributed by atoms with Gasteiger partial charge in [-0.2, -0.15) is 0 Å². The maximum atomic E-state index is 12.2. The number of nitrogens with one attached hydrogen (secondary N) is 1. The highest BCUT2D eigenvalue weighted by Crippen LogP contribution is 2.20. The van der Waals surface area contributed by atoms with E-state index in [2.05, 4.69) is 20.9 Å². The van der Waals surface area contributed by atoms with Crippen molar-refractivity contribution in [3.05, 3.63) is 84.4 Å². The third kappa shape index (κ3) is 5.24. The van der Waals surface area contributed by atoms with Crippen LogP contribution in [0.2, 0.25) is 0 Å². The summed E-state index contributed by atoms with van der Waals surface area (Å²) in [4.78, 5) is 21.0. The number of fused-ring (bicyclic) bond motifs is 1. The molecule has 0 saturated carbocycles. The summed E-state index contributed by atoms with van der Waals surface area (Å²) >= 11 is 0. The van der Waals surface area contributed by atoms with Crippen molar-refractivity contribution < 1.29 is 14.3 Å². The van der Waals surface area contributed by atoms with Crippen LogP contribution in [0.5, 0.6) is 11.5 Å². The number of nitrogens with zero attached hydrogens (tertiary/aromatic N) is 3. The summed E-state index contributed by atoms with van der Waals surface area (Å²) < 4.78 is 13.4. The van der Waals surface area contributed by atoms with E-state index in [4.69, 9.17) is 14.5 Å². The molecule has 0 saturated heterocycles. The van der Waals surface area contributed by atoms with E-state index in [-0.39, 0.29) is 5.91 Å². The minimum atomic E-state index is -0.113. The first kappa shape index (κ1) is 21.4. The fraction of sp³-hybridized carbons (Fsp3) is 0.240. The monoisotopic (exact) mass is 430 g/mol. The van der Waals surface area contributed by atoms with Crippen LogP contribution in [0.1, 0.15) is 22.6 Å². The van der Waals surface area contributed by atoms with Crippen LogP contribution in [0.3, 0.4) is 0 Å². The van der Waals surface area contributed by atoms with Crippen molar-refractivity contribution >= 4 is 16.9 Å². The van der Waals surface area contributed by atoms with Gasteiger partial charge >= 0.3 is 0 Å². The fourth-order valence-electron chi connectivity index (χ4n) is 3.56. The highest BCUT2D eigenvalue weighted by atomic mass is 16.5. The maximum Gasteiger partial charge on any atom is 0.252 e. The lowest BCUT2D eigenvalue weighted by Gasteiger charge is -2.12. The summed E-state index contributed by atoms with van der Waals surface area (Å²) in [5.41, 5.74) is 2.61. The summed E-state index contributed by atoms with van der Waals surface area (Å²) in [7, 11) is 1.64. The second-order valence-corrected chi connectivity index (χ2v) is 7.30. The number of methoxy groups -OCH3 is 1. The Labute approximate surface area is 187 Å². The standard InChI is InChI=1S/C25H26N4O3/c1-31-20-8-4-9-21(17-20)32-16-15-29-23-11-3-2-10-22(23)28-24(29)12-6-14-27-25(30)19-7-5-13-26-18-19/h2-5,7-11,13,17-18H,6,12,14-16H2,1H3,(H,27,30). The van der Waals surface area contributed by atoms with E-state index in [1.807, 2.05) is 42.5 Å². The molecule has 0 aliphatic rings. The second kappa shape index (κ2) is 10.4. The number of imidazole rings is 1. The molecule has 0 unspecified atom stereocenters. The number of ether oxygens (including phenoxy) is 2. The molecule has 0 radical (unpaired) electrons. The summed E-state index contributed by atoms with van der Waals surface area (Å²) in [6.45, 7) is 1.75. The van der Waals surface area contributed by atoms with Gasteiger partial charge in [0.2, 0.25) is 0 Å². The normalized spacial score (nSPS) is 10.8. The van der Waals surface area contributed by atoms with Crippen LogP contribution >= 0.6 is 0 Å². The lowest BCUT2D eigenvalue weighted by Crippen LogP contribution is -2.25. The molecule has 0 aliphatic heterocycles. The first-order chi connectivity index (χ1) is 15.7. The minimum Gasteiger partial charge on any atom is -0.497 e. The number of carbonyl (C=O) groups excluding carboxylic acids is 1. The number of carbonyl (C=O) groups is 1. The molecule has 2 aromatic heterocycles. The topological polar surface area (TPSA) is 78.3 Å². The molecule has 1 N–H and O–H groups in total. The van der Waals surface area contributed by atoms with Gasteiger partial charge in [0.15, 0.2) is 0 Å². The molecule has 7 nitrogen and oxygen atoms in total. The Morgan fingerprint density at radius 3 is 2.78 bits per heavy atom. The van der Waals surface area contributed by atoms with E-state index in [1.54, 1.807) is 31.6 Å². The number of para-hydroxylation sites is 2. The van der Waals surface area contributed by atoms with Crippen molar-refractivity contribution in [3.63, 3.8) is 0 Å². The van der Waals surface area contributed by atoms with Crippen LogP contribution in [-0.2, 0) is 13.0 Å². The third-order valence-corrected chi connectivity index (χ3v) is 5.14. The van der Waals surface area contributed by atoms with Gasteiger partial charge in [-0.15, -0.1) is 0 Å². The van der Waals surface area contributed by atoms with Gasteiger partial charge in [-0.1, -0.05) is 18.2 Å². The maximum absolute atomic E-state index is 12.2. The Balaban J connectivity index is 1.37. The highest BCUT2D eigenvalue weighted by Gasteiger charge is 2.11. The zero-order chi connectivity index (χ0) is 22.2. The van der Waals surface area contributed by atoms with Gasteiger partial charge < -0.3 is 19.4 Å². The van der Waals surface area contributed by atoms with Crippen molar-refractivity contribution in [2.24, 2.45) is 0 Å². The number of hydrogen-bond acceptors (Lipinski definition) is 5. The smallest absolute Gasteiger partial charge is 0.252 e. The van der Waals surface area contributed by atoms with E-state index in [9.17, 15) is 4.79 Å². The lowest BCUT2D eigenvalue weighted by atomic mass is 10.2. The number of rotatable bonds is 10. The summed E-state index contributed by atoms with van der Waals surface area (Å²) in [5, 5.41) is 2.95. The molecule has 7 heteroatoms. The molecular weight excluding hydrogens is 404 g/mol. The molecular formula is C25H26N4O3. The minimum absolute atomic E-state index is 0.113. The van der Waals surface area contributed by atoms with Gasteiger partial charge in [-0.25, -0.2) is 4.98 Å². The molecule has 1 amide bonds. The molecule has 32 heavy (non-hydrogen) atoms. The molecule has 0 fully saturated rings. The van der Waals surface area contributed by atoms with Crippen molar-refractivity contribution in [2.75, 3.05) is 20.3 Å². The van der Waals surface area contributed by atoms with E-state index in [0.717, 1.165) is 41.2 Å². The molecule has 0 spiro atoms. The van der Waals surface area contributed by atoms with Gasteiger partial charge in [-0.05, 0) is 42.8 Å². The van der Waals surface area contributed by atoms with E-state index >= 15 is 0 Å². The highest BCUT2D eigenvalue weighted by molar-refractivity contribution is 5.93. The first-order valence-corrected chi connectivity index (χ1v) is 10.6. The zero-order valence-corrected chi connectivity index (χ0v) is 18.0. The van der Waals surface area contributed by atoms with Crippen molar-refractivity contribution in [2.45, 2.75) is 19.4 Å². The van der Waals surface area contributed by atoms with E-state index in [0.29, 0.717) is 25.3 Å². The van der Waals surface area contributed by atoms with Gasteiger partial charge in [0.25, 0.3) is 5.91 Å². The molecule has 164 valence electrons. The first-order valence-electron chi connectivity index (χ1n) is 10.6. The van der Waals surface area contributed by atoms with Crippen LogP contribution in [0, 0.1) is 0 Å². The largest absolute Gasteiger partial charge is 0.497 e. The predicted octanol–water partition coefficient (Wildman–Crippen LogP) is 3.88. The number of aryl methyl sites for hydroxylation is 1. The SMILES string of the molecule is COc1cccc(OCCn2c(CCCNC(=O)c3cccnc3)nc3ccccc32)c1. The number of pyridine rings is 1. The average molecular weight is 431 g/mol. The Morgan fingerprint density at radius 1 is 1.06 bits per heavy atom. The Bertz CT molecular complexity index is 1170. The molecule has 4 aromatic rings. The van der Waals surface area contributed by atoms with Crippen LogP contribution < -0.4 is 14.8 Å². The van der Waals surface area contributed by atoms with E-state index < -0.39 is 0 Å². The van der Waals surface area contributed by atoms with Gasteiger partial charge in [0.05, 0.1) is 30.3 Å². The number of benzene rings is 2.